The number of piperidine rings is 1. The number of nitrogens with one attached hydrogen (secondary N) is 1. The Morgan fingerprint density at radius 3 is 3.18 bits per heavy atom. The van der Waals surface area contributed by atoms with E-state index in [9.17, 15) is 4.79 Å². The van der Waals surface area contributed by atoms with Crippen LogP contribution in [0.25, 0.3) is 6.08 Å². The van der Waals surface area contributed by atoms with Crippen LogP contribution in [-0.2, 0) is 16.1 Å². The van der Waals surface area contributed by atoms with E-state index in [2.05, 4.69) is 16.1 Å². The lowest BCUT2D eigenvalue weighted by atomic mass is 10.1. The molecule has 0 amide bonds. The summed E-state index contributed by atoms with van der Waals surface area (Å²) in [6.07, 6.45) is 9.61. The van der Waals surface area contributed by atoms with Gasteiger partial charge in [-0.3, -0.25) is 4.79 Å². The lowest BCUT2D eigenvalue weighted by Crippen LogP contribution is -2.19. The Hall–Kier alpha value is -1.71. The number of hydrogen-bond acceptors (Lipinski definition) is 3. The van der Waals surface area contributed by atoms with E-state index in [1.807, 2.05) is 23.0 Å². The molecule has 1 saturated heterocycles. The number of nitrogens with zero attached hydrogens (tertiary/aromatic N) is 1. The second-order valence-electron chi connectivity index (χ2n) is 4.25. The number of rotatable bonds is 3. The largest absolute Gasteiger partial charge is 0.468 e. The lowest BCUT2D eigenvalue weighted by Gasteiger charge is -2.16. The maximum Gasteiger partial charge on any atom is 0.325 e. The average molecular weight is 234 g/mol. The molecule has 0 aliphatic carbocycles. The van der Waals surface area contributed by atoms with Gasteiger partial charge in [-0.1, -0.05) is 0 Å². The molecule has 0 unspecified atom stereocenters. The second kappa shape index (κ2) is 5.57. The van der Waals surface area contributed by atoms with Crippen LogP contribution in [0.2, 0.25) is 0 Å². The summed E-state index contributed by atoms with van der Waals surface area (Å²) in [5.41, 5.74) is 2.41. The van der Waals surface area contributed by atoms with Crippen LogP contribution in [0, 0.1) is 0 Å². The van der Waals surface area contributed by atoms with Crippen molar-refractivity contribution < 1.29 is 9.53 Å². The van der Waals surface area contributed by atoms with Crippen LogP contribution in [0.4, 0.5) is 0 Å². The van der Waals surface area contributed by atoms with Crippen LogP contribution in [0.3, 0.4) is 0 Å². The van der Waals surface area contributed by atoms with Crippen LogP contribution >= 0.6 is 0 Å². The number of allylic oxidation sites excluding steroid dienone is 1. The Labute approximate surface area is 101 Å². The van der Waals surface area contributed by atoms with Gasteiger partial charge in [0.15, 0.2) is 0 Å². The molecule has 0 aromatic carbocycles. The van der Waals surface area contributed by atoms with Gasteiger partial charge in [-0.05, 0) is 37.0 Å². The molecule has 1 N–H and O–H groups in total. The van der Waals surface area contributed by atoms with Crippen molar-refractivity contribution in [3.05, 3.63) is 29.7 Å². The van der Waals surface area contributed by atoms with Gasteiger partial charge >= 0.3 is 5.97 Å². The third kappa shape index (κ3) is 3.37. The predicted molar refractivity (Wildman–Crippen MR) is 66.3 cm³/mol. The summed E-state index contributed by atoms with van der Waals surface area (Å²) in [5, 5.41) is 3.39. The van der Waals surface area contributed by atoms with Gasteiger partial charge in [0.1, 0.15) is 6.54 Å². The molecule has 0 radical (unpaired) electrons. The monoisotopic (exact) mass is 234 g/mol. The quantitative estimate of drug-likeness (QED) is 0.811. The summed E-state index contributed by atoms with van der Waals surface area (Å²) in [5.74, 6) is -0.226. The van der Waals surface area contributed by atoms with E-state index in [0.29, 0.717) is 0 Å². The summed E-state index contributed by atoms with van der Waals surface area (Å²) in [7, 11) is 1.40. The summed E-state index contributed by atoms with van der Waals surface area (Å²) in [6, 6.07) is 2.01. The first kappa shape index (κ1) is 11.8. The predicted octanol–water partition coefficient (Wildman–Crippen LogP) is 1.78. The average Bonchev–Trinajstić information content (AvgIpc) is 2.77. The molecule has 0 bridgehead atoms. The first-order valence-corrected chi connectivity index (χ1v) is 5.95. The number of ether oxygens (including phenoxy) is 1. The maximum atomic E-state index is 11.1. The number of esters is 1. The van der Waals surface area contributed by atoms with E-state index in [-0.39, 0.29) is 12.5 Å². The lowest BCUT2D eigenvalue weighted by molar-refractivity contribution is -0.141. The minimum Gasteiger partial charge on any atom is -0.468 e. The van der Waals surface area contributed by atoms with Gasteiger partial charge in [-0.2, -0.15) is 0 Å². The van der Waals surface area contributed by atoms with Crippen molar-refractivity contribution in [2.45, 2.75) is 25.8 Å². The van der Waals surface area contributed by atoms with Gasteiger partial charge in [0.05, 0.1) is 7.11 Å². The fourth-order valence-corrected chi connectivity index (χ4v) is 1.96. The van der Waals surface area contributed by atoms with Crippen LogP contribution in [0.15, 0.2) is 24.2 Å². The number of carbonyl (C=O) groups excluding carboxylic acids is 1. The zero-order valence-electron chi connectivity index (χ0n) is 10.1. The molecule has 2 rings (SSSR count). The van der Waals surface area contributed by atoms with E-state index < -0.39 is 0 Å². The molecule has 1 aromatic heterocycles. The molecule has 1 aromatic rings. The van der Waals surface area contributed by atoms with Gasteiger partial charge in [-0.25, -0.2) is 0 Å². The summed E-state index contributed by atoms with van der Waals surface area (Å²) in [4.78, 5) is 11.1. The van der Waals surface area contributed by atoms with Crippen LogP contribution in [-0.4, -0.2) is 24.2 Å². The topological polar surface area (TPSA) is 43.3 Å². The summed E-state index contributed by atoms with van der Waals surface area (Å²) >= 11 is 0. The van der Waals surface area contributed by atoms with Gasteiger partial charge in [0, 0.05) is 24.6 Å². The molecule has 4 heteroatoms. The van der Waals surface area contributed by atoms with Crippen molar-refractivity contribution in [3.8, 4) is 0 Å². The highest BCUT2D eigenvalue weighted by molar-refractivity contribution is 5.69. The third-order valence-corrected chi connectivity index (χ3v) is 2.88. The number of methoxy groups -OCH3 is 1. The molecule has 0 spiro atoms. The van der Waals surface area contributed by atoms with Gasteiger partial charge in [0.2, 0.25) is 0 Å². The van der Waals surface area contributed by atoms with Crippen LogP contribution < -0.4 is 5.32 Å². The molecule has 17 heavy (non-hydrogen) atoms. The molecular formula is C13H18N2O2. The van der Waals surface area contributed by atoms with E-state index in [0.717, 1.165) is 18.5 Å². The Morgan fingerprint density at radius 1 is 1.59 bits per heavy atom. The zero-order chi connectivity index (χ0) is 12.1. The normalized spacial score (nSPS) is 17.8. The fraction of sp³-hybridized carbons (Fsp3) is 0.462. The molecule has 4 nitrogen and oxygen atoms in total. The van der Waals surface area contributed by atoms with Crippen molar-refractivity contribution in [1.82, 2.24) is 9.88 Å². The van der Waals surface area contributed by atoms with E-state index in [1.54, 1.807) is 0 Å². The number of aromatic nitrogens is 1. The molecule has 1 aliphatic heterocycles. The Kier molecular flexibility index (Phi) is 3.85. The van der Waals surface area contributed by atoms with Crippen LogP contribution in [0.1, 0.15) is 24.8 Å². The van der Waals surface area contributed by atoms with E-state index >= 15 is 0 Å². The molecule has 0 atom stereocenters. The molecular weight excluding hydrogens is 216 g/mol. The fourth-order valence-electron chi connectivity index (χ4n) is 1.96. The summed E-state index contributed by atoms with van der Waals surface area (Å²) in [6.45, 7) is 1.34. The van der Waals surface area contributed by atoms with Crippen LogP contribution in [0.5, 0.6) is 0 Å². The van der Waals surface area contributed by atoms with Gasteiger partial charge in [0.25, 0.3) is 0 Å². The molecule has 0 saturated carbocycles. The van der Waals surface area contributed by atoms with Gasteiger partial charge < -0.3 is 14.6 Å². The SMILES string of the molecule is COC(=O)Cn1ccc(C=C2CCCCN2)c1. The first-order valence-electron chi connectivity index (χ1n) is 5.95. The standard InChI is InChI=1S/C13H18N2O2/c1-17-13(16)10-15-7-5-11(9-15)8-12-4-2-3-6-14-12/h5,7-9,14H,2-4,6,10H2,1H3. The minimum absolute atomic E-state index is 0.226. The maximum absolute atomic E-state index is 11.1. The number of carbonyl (C=O) groups is 1. The molecule has 1 fully saturated rings. The Morgan fingerprint density at radius 2 is 2.47 bits per heavy atom. The van der Waals surface area contributed by atoms with E-state index in [1.165, 1.54) is 25.6 Å². The Balaban J connectivity index is 2.00. The summed E-state index contributed by atoms with van der Waals surface area (Å²) < 4.78 is 6.46. The van der Waals surface area contributed by atoms with E-state index in [4.69, 9.17) is 0 Å². The zero-order valence-corrected chi connectivity index (χ0v) is 10.1. The van der Waals surface area contributed by atoms with Crippen molar-refractivity contribution in [2.75, 3.05) is 13.7 Å². The number of hydrogen-bond donors (Lipinski definition) is 1. The molecule has 92 valence electrons. The highest BCUT2D eigenvalue weighted by atomic mass is 16.5. The van der Waals surface area contributed by atoms with Gasteiger partial charge in [-0.15, -0.1) is 0 Å². The smallest absolute Gasteiger partial charge is 0.325 e. The molecule has 2 heterocycles. The van der Waals surface area contributed by atoms with Crippen molar-refractivity contribution in [2.24, 2.45) is 0 Å². The minimum atomic E-state index is -0.226. The highest BCUT2D eigenvalue weighted by Gasteiger charge is 2.05. The first-order chi connectivity index (χ1) is 8.28. The Bertz CT molecular complexity index is 413. The molecule has 1 aliphatic rings. The van der Waals surface area contributed by atoms with Crippen molar-refractivity contribution in [1.29, 1.82) is 0 Å². The third-order valence-electron chi connectivity index (χ3n) is 2.88. The highest BCUT2D eigenvalue weighted by Crippen LogP contribution is 2.14. The van der Waals surface area contributed by atoms with Crippen molar-refractivity contribution in [3.63, 3.8) is 0 Å². The second-order valence-corrected chi connectivity index (χ2v) is 4.25. The van der Waals surface area contributed by atoms with Crippen molar-refractivity contribution >= 4 is 12.0 Å².